The van der Waals surface area contributed by atoms with Crippen LogP contribution in [0.25, 0.3) is 10.9 Å². The van der Waals surface area contributed by atoms with Crippen LogP contribution in [0.15, 0.2) is 72.9 Å². The van der Waals surface area contributed by atoms with Gasteiger partial charge in [-0.1, -0.05) is 37.3 Å². The van der Waals surface area contributed by atoms with Crippen molar-refractivity contribution in [3.05, 3.63) is 84.3 Å². The van der Waals surface area contributed by atoms with Crippen molar-refractivity contribution >= 4 is 28.4 Å². The Hall–Kier alpha value is -4.70. The summed E-state index contributed by atoms with van der Waals surface area (Å²) in [7, 11) is 1.57. The summed E-state index contributed by atoms with van der Waals surface area (Å²) in [5, 5.41) is 9.04. The minimum atomic E-state index is -0.891. The topological polar surface area (TPSA) is 111 Å². The summed E-state index contributed by atoms with van der Waals surface area (Å²) in [6.07, 6.45) is 3.67. The molecule has 2 unspecified atom stereocenters. The maximum Gasteiger partial charge on any atom is 0.313 e. The van der Waals surface area contributed by atoms with Gasteiger partial charge in [0.15, 0.2) is 23.1 Å². The number of anilines is 1. The van der Waals surface area contributed by atoms with Crippen LogP contribution in [0, 0.1) is 11.7 Å². The fourth-order valence-corrected chi connectivity index (χ4v) is 5.27. The summed E-state index contributed by atoms with van der Waals surface area (Å²) in [6, 6.07) is 18.8. The van der Waals surface area contributed by atoms with Crippen LogP contribution in [0.5, 0.6) is 23.0 Å². The van der Waals surface area contributed by atoms with Gasteiger partial charge >= 0.3 is 11.8 Å². The molecule has 0 spiro atoms. The smallest absolute Gasteiger partial charge is 0.313 e. The lowest BCUT2D eigenvalue weighted by Gasteiger charge is -2.29. The minimum Gasteiger partial charge on any atom is -0.493 e. The van der Waals surface area contributed by atoms with Gasteiger partial charge in [-0.2, -0.15) is 0 Å². The number of amides is 2. The number of aromatic nitrogens is 1. The van der Waals surface area contributed by atoms with E-state index in [0.29, 0.717) is 34.1 Å². The molecule has 5 rings (SSSR count). The van der Waals surface area contributed by atoms with Crippen LogP contribution in [0.1, 0.15) is 38.2 Å². The summed E-state index contributed by atoms with van der Waals surface area (Å²) >= 11 is 0. The van der Waals surface area contributed by atoms with Crippen molar-refractivity contribution in [2.24, 2.45) is 5.92 Å². The Balaban J connectivity index is 1.24. The van der Waals surface area contributed by atoms with Crippen LogP contribution in [-0.4, -0.2) is 49.6 Å². The molecule has 10 heteroatoms. The molecule has 2 amide bonds. The van der Waals surface area contributed by atoms with Crippen LogP contribution in [0.4, 0.5) is 10.1 Å². The van der Waals surface area contributed by atoms with Gasteiger partial charge in [-0.05, 0) is 74.5 Å². The number of carbonyl (C=O) groups excluding carboxylic acids is 2. The highest BCUT2D eigenvalue weighted by molar-refractivity contribution is 6.39. The molecule has 1 aliphatic heterocycles. The quantitative estimate of drug-likeness (QED) is 0.197. The molecule has 1 aliphatic rings. The Bertz CT molecular complexity index is 1610. The van der Waals surface area contributed by atoms with E-state index in [4.69, 9.17) is 14.2 Å². The molecule has 44 heavy (non-hydrogen) atoms. The number of fused-ring (bicyclic) bond motifs is 1. The lowest BCUT2D eigenvalue weighted by molar-refractivity contribution is -0.136. The third-order valence-corrected chi connectivity index (χ3v) is 7.90. The summed E-state index contributed by atoms with van der Waals surface area (Å²) in [5.41, 5.74) is 1.77. The summed E-state index contributed by atoms with van der Waals surface area (Å²) in [4.78, 5) is 29.2. The molecule has 0 radical (unpaired) electrons. The average Bonchev–Trinajstić information content (AvgIpc) is 3.05. The molecule has 4 aromatic rings. The molecule has 0 bridgehead atoms. The van der Waals surface area contributed by atoms with Gasteiger partial charge in [0, 0.05) is 35.9 Å². The highest BCUT2D eigenvalue weighted by atomic mass is 19.1. The van der Waals surface area contributed by atoms with Crippen molar-refractivity contribution in [3.63, 3.8) is 0 Å². The number of piperidine rings is 1. The monoisotopic (exact) mass is 600 g/mol. The molecule has 1 aromatic heterocycles. The Morgan fingerprint density at radius 1 is 0.955 bits per heavy atom. The van der Waals surface area contributed by atoms with Crippen LogP contribution >= 0.6 is 0 Å². The first-order valence-electron chi connectivity index (χ1n) is 14.8. The highest BCUT2D eigenvalue weighted by Gasteiger charge is 2.23. The van der Waals surface area contributed by atoms with Crippen LogP contribution in [-0.2, 0) is 9.59 Å². The number of pyridine rings is 1. The maximum absolute atomic E-state index is 15.1. The predicted molar refractivity (Wildman–Crippen MR) is 167 cm³/mol. The van der Waals surface area contributed by atoms with Gasteiger partial charge in [-0.25, -0.2) is 4.39 Å². The van der Waals surface area contributed by atoms with E-state index < -0.39 is 17.6 Å². The minimum absolute atomic E-state index is 0.0000839. The summed E-state index contributed by atoms with van der Waals surface area (Å²) in [5.74, 6) is -0.539. The number of carbonyl (C=O) groups is 2. The van der Waals surface area contributed by atoms with E-state index in [1.807, 2.05) is 37.3 Å². The number of ether oxygens (including phenoxy) is 3. The number of nitrogens with one attached hydrogen (secondary N) is 3. The van der Waals surface area contributed by atoms with Crippen molar-refractivity contribution in [2.75, 3.05) is 32.1 Å². The standard InChI is InChI=1S/C34H37FN4O5/c1-21(23-7-5-4-6-8-23)20-38-33(40)34(41)39-25-9-10-30(27(35)17-25)44-29-13-16-37-28-19-32(31(42-3)18-26(28)29)43-22(2)24-11-14-36-15-12-24/h4-10,13,16-19,21-22,24,36H,11-12,14-15,20H2,1-3H3,(H,38,40)(H,39,41). The number of rotatable bonds is 10. The first-order chi connectivity index (χ1) is 21.3. The number of hydrogen-bond acceptors (Lipinski definition) is 7. The van der Waals surface area contributed by atoms with Crippen LogP contribution in [0.2, 0.25) is 0 Å². The number of benzene rings is 3. The number of methoxy groups -OCH3 is 1. The number of halogens is 1. The Morgan fingerprint density at radius 2 is 1.73 bits per heavy atom. The van der Waals surface area contributed by atoms with Gasteiger partial charge in [0.1, 0.15) is 5.75 Å². The van der Waals surface area contributed by atoms with Crippen LogP contribution < -0.4 is 30.2 Å². The highest BCUT2D eigenvalue weighted by Crippen LogP contribution is 2.39. The van der Waals surface area contributed by atoms with Gasteiger partial charge in [0.2, 0.25) is 0 Å². The van der Waals surface area contributed by atoms with Gasteiger partial charge in [0.25, 0.3) is 0 Å². The fraction of sp³-hybridized carbons (Fsp3) is 0.324. The van der Waals surface area contributed by atoms with E-state index in [0.717, 1.165) is 37.6 Å². The number of nitrogens with zero attached hydrogens (tertiary/aromatic N) is 1. The zero-order chi connectivity index (χ0) is 31.1. The zero-order valence-electron chi connectivity index (χ0n) is 25.1. The first-order valence-corrected chi connectivity index (χ1v) is 14.8. The second kappa shape index (κ2) is 14.2. The lowest BCUT2D eigenvalue weighted by atomic mass is 9.93. The third-order valence-electron chi connectivity index (χ3n) is 7.90. The average molecular weight is 601 g/mol. The van der Waals surface area contributed by atoms with Crippen molar-refractivity contribution in [1.29, 1.82) is 0 Å². The van der Waals surface area contributed by atoms with Crippen molar-refractivity contribution < 1.29 is 28.2 Å². The zero-order valence-corrected chi connectivity index (χ0v) is 25.1. The molecule has 2 heterocycles. The van der Waals surface area contributed by atoms with E-state index in [9.17, 15) is 9.59 Å². The van der Waals surface area contributed by atoms with E-state index in [-0.39, 0.29) is 30.0 Å². The normalized spacial score (nSPS) is 14.8. The molecule has 230 valence electrons. The Labute approximate surface area is 256 Å². The number of hydrogen-bond donors (Lipinski definition) is 3. The SMILES string of the molecule is COc1cc2c(Oc3ccc(NC(=O)C(=O)NCC(C)c4ccccc4)cc3F)ccnc2cc1OC(C)C1CCNCC1. The fourth-order valence-electron chi connectivity index (χ4n) is 5.27. The Kier molecular flexibility index (Phi) is 9.91. The molecular weight excluding hydrogens is 563 g/mol. The second-order valence-electron chi connectivity index (χ2n) is 11.0. The van der Waals surface area contributed by atoms with E-state index >= 15 is 4.39 Å². The molecule has 1 fully saturated rings. The van der Waals surface area contributed by atoms with Gasteiger partial charge < -0.3 is 30.2 Å². The van der Waals surface area contributed by atoms with Crippen molar-refractivity contribution in [3.8, 4) is 23.0 Å². The van der Waals surface area contributed by atoms with E-state index in [1.165, 1.54) is 12.1 Å². The Morgan fingerprint density at radius 3 is 2.45 bits per heavy atom. The second-order valence-corrected chi connectivity index (χ2v) is 11.0. The molecule has 3 N–H and O–H groups in total. The van der Waals surface area contributed by atoms with Gasteiger partial charge in [-0.15, -0.1) is 0 Å². The van der Waals surface area contributed by atoms with Crippen LogP contribution in [0.3, 0.4) is 0 Å². The van der Waals surface area contributed by atoms with E-state index in [1.54, 1.807) is 31.5 Å². The molecule has 3 aromatic carbocycles. The predicted octanol–water partition coefficient (Wildman–Crippen LogP) is 5.80. The van der Waals surface area contributed by atoms with Crippen molar-refractivity contribution in [1.82, 2.24) is 15.6 Å². The molecule has 0 saturated carbocycles. The summed E-state index contributed by atoms with van der Waals surface area (Å²) in [6.45, 7) is 6.26. The molecule has 2 atom stereocenters. The maximum atomic E-state index is 15.1. The summed E-state index contributed by atoms with van der Waals surface area (Å²) < 4.78 is 33.0. The van der Waals surface area contributed by atoms with E-state index in [2.05, 4.69) is 27.9 Å². The largest absolute Gasteiger partial charge is 0.493 e. The van der Waals surface area contributed by atoms with Gasteiger partial charge in [0.05, 0.1) is 18.7 Å². The van der Waals surface area contributed by atoms with Gasteiger partial charge in [-0.3, -0.25) is 14.6 Å². The molecule has 0 aliphatic carbocycles. The molecule has 9 nitrogen and oxygen atoms in total. The van der Waals surface area contributed by atoms with Crippen molar-refractivity contribution in [2.45, 2.75) is 38.7 Å². The molecular formula is C34H37FN4O5. The molecule has 1 saturated heterocycles. The third kappa shape index (κ3) is 7.44. The lowest BCUT2D eigenvalue weighted by Crippen LogP contribution is -2.37. The first kappa shape index (κ1) is 30.7.